The van der Waals surface area contributed by atoms with Crippen LogP contribution in [-0.4, -0.2) is 11.2 Å². The maximum Gasteiger partial charge on any atom is 0.0549 e. The van der Waals surface area contributed by atoms with Crippen molar-refractivity contribution in [1.82, 2.24) is 0 Å². The fraction of sp³-hybridized carbons (Fsp3) is 0.714. The maximum absolute atomic E-state index is 8.81. The molecule has 0 spiro atoms. The third-order valence-electron chi connectivity index (χ3n) is 1.11. The fourth-order valence-corrected chi connectivity index (χ4v) is 0.584. The highest BCUT2D eigenvalue weighted by atomic mass is 16.3. The van der Waals surface area contributed by atoms with Crippen LogP contribution in [0, 0.1) is 0 Å². The monoisotopic (exact) mass is 114 g/mol. The highest BCUT2D eigenvalue weighted by Gasteiger charge is 1.93. The molecule has 48 valence electrons. The van der Waals surface area contributed by atoms with Gasteiger partial charge in [0.25, 0.3) is 0 Å². The maximum atomic E-state index is 8.81. The van der Waals surface area contributed by atoms with Gasteiger partial charge in [0.05, 0.1) is 6.10 Å². The van der Waals surface area contributed by atoms with Gasteiger partial charge in [0.15, 0.2) is 0 Å². The van der Waals surface area contributed by atoms with Crippen molar-refractivity contribution >= 4 is 0 Å². The van der Waals surface area contributed by atoms with Crippen molar-refractivity contribution < 1.29 is 5.11 Å². The first-order valence-electron chi connectivity index (χ1n) is 2.96. The predicted octanol–water partition coefficient (Wildman–Crippen LogP) is 1.72. The molecule has 0 saturated heterocycles. The molecule has 1 N–H and O–H groups in total. The Bertz CT molecular complexity index is 82.4. The zero-order valence-corrected chi connectivity index (χ0v) is 5.81. The second-order valence-corrected chi connectivity index (χ2v) is 2.19. The van der Waals surface area contributed by atoms with Gasteiger partial charge in [-0.15, -0.1) is 0 Å². The van der Waals surface area contributed by atoms with E-state index in [1.165, 1.54) is 5.57 Å². The van der Waals surface area contributed by atoms with Gasteiger partial charge in [-0.25, -0.2) is 0 Å². The molecule has 0 aromatic carbocycles. The molecule has 1 nitrogen and oxygen atoms in total. The average Bonchev–Trinajstić information content (AvgIpc) is 1.65. The largest absolute Gasteiger partial charge is 0.393 e. The third-order valence-corrected chi connectivity index (χ3v) is 1.11. The van der Waals surface area contributed by atoms with Gasteiger partial charge < -0.3 is 5.11 Å². The van der Waals surface area contributed by atoms with E-state index in [-0.39, 0.29) is 6.10 Å². The van der Waals surface area contributed by atoms with Gasteiger partial charge in [0.2, 0.25) is 0 Å². The molecule has 0 saturated carbocycles. The molecule has 0 radical (unpaired) electrons. The summed E-state index contributed by atoms with van der Waals surface area (Å²) in [6.07, 6.45) is 2.63. The minimum atomic E-state index is -0.189. The van der Waals surface area contributed by atoms with Crippen molar-refractivity contribution in [2.24, 2.45) is 0 Å². The summed E-state index contributed by atoms with van der Waals surface area (Å²) in [6.45, 7) is 5.80. The standard InChI is InChI=1S/C7H14O/c1-4-6(2)5-7(3)8/h4,7-8H,5H2,1-3H3/b6-4-. The molecule has 0 fully saturated rings. The van der Waals surface area contributed by atoms with Gasteiger partial charge in [-0.3, -0.25) is 0 Å². The van der Waals surface area contributed by atoms with Crippen LogP contribution in [0.5, 0.6) is 0 Å². The second-order valence-electron chi connectivity index (χ2n) is 2.19. The van der Waals surface area contributed by atoms with Gasteiger partial charge in [0.1, 0.15) is 0 Å². The third kappa shape index (κ3) is 3.88. The molecule has 0 amide bonds. The van der Waals surface area contributed by atoms with Crippen LogP contribution in [0.1, 0.15) is 27.2 Å². The Hall–Kier alpha value is -0.300. The van der Waals surface area contributed by atoms with Crippen LogP contribution in [0.2, 0.25) is 0 Å². The van der Waals surface area contributed by atoms with Crippen molar-refractivity contribution in [3.8, 4) is 0 Å². The van der Waals surface area contributed by atoms with E-state index in [2.05, 4.69) is 0 Å². The van der Waals surface area contributed by atoms with Gasteiger partial charge in [0, 0.05) is 0 Å². The minimum Gasteiger partial charge on any atom is -0.393 e. The van der Waals surface area contributed by atoms with Crippen molar-refractivity contribution in [2.75, 3.05) is 0 Å². The van der Waals surface area contributed by atoms with E-state index in [0.717, 1.165) is 6.42 Å². The predicted molar refractivity (Wildman–Crippen MR) is 35.7 cm³/mol. The van der Waals surface area contributed by atoms with Gasteiger partial charge in [-0.2, -0.15) is 0 Å². The number of hydrogen-bond acceptors (Lipinski definition) is 1. The molecular weight excluding hydrogens is 100 g/mol. The first kappa shape index (κ1) is 7.70. The molecule has 0 aromatic rings. The Morgan fingerprint density at radius 3 is 2.38 bits per heavy atom. The molecule has 1 unspecified atom stereocenters. The summed E-state index contributed by atoms with van der Waals surface area (Å²) >= 11 is 0. The number of rotatable bonds is 2. The summed E-state index contributed by atoms with van der Waals surface area (Å²) in [6, 6.07) is 0. The van der Waals surface area contributed by atoms with Crippen molar-refractivity contribution in [3.05, 3.63) is 11.6 Å². The summed E-state index contributed by atoms with van der Waals surface area (Å²) in [5, 5.41) is 8.81. The van der Waals surface area contributed by atoms with Crippen LogP contribution in [-0.2, 0) is 0 Å². The van der Waals surface area contributed by atoms with Crippen molar-refractivity contribution in [2.45, 2.75) is 33.3 Å². The van der Waals surface area contributed by atoms with Crippen LogP contribution in [0.4, 0.5) is 0 Å². The molecule has 0 aliphatic carbocycles. The van der Waals surface area contributed by atoms with Crippen LogP contribution >= 0.6 is 0 Å². The van der Waals surface area contributed by atoms with Crippen molar-refractivity contribution in [3.63, 3.8) is 0 Å². The molecule has 0 heterocycles. The van der Waals surface area contributed by atoms with E-state index < -0.39 is 0 Å². The molecule has 0 aliphatic heterocycles. The van der Waals surface area contributed by atoms with E-state index in [1.807, 2.05) is 19.9 Å². The van der Waals surface area contributed by atoms with E-state index in [0.29, 0.717) is 0 Å². The number of aliphatic hydroxyl groups excluding tert-OH is 1. The topological polar surface area (TPSA) is 20.2 Å². The highest BCUT2D eigenvalue weighted by Crippen LogP contribution is 2.01. The van der Waals surface area contributed by atoms with Crippen LogP contribution in [0.25, 0.3) is 0 Å². The lowest BCUT2D eigenvalue weighted by molar-refractivity contribution is 0.195. The lowest BCUT2D eigenvalue weighted by Gasteiger charge is -2.01. The molecule has 8 heavy (non-hydrogen) atoms. The quantitative estimate of drug-likeness (QED) is 0.542. The Labute approximate surface area is 51.0 Å². The summed E-state index contributed by atoms with van der Waals surface area (Å²) in [5.41, 5.74) is 1.25. The van der Waals surface area contributed by atoms with Gasteiger partial charge in [-0.1, -0.05) is 11.6 Å². The molecule has 1 heteroatoms. The summed E-state index contributed by atoms with van der Waals surface area (Å²) in [7, 11) is 0. The lowest BCUT2D eigenvalue weighted by atomic mass is 10.1. The van der Waals surface area contributed by atoms with Crippen molar-refractivity contribution in [1.29, 1.82) is 0 Å². The summed E-state index contributed by atoms with van der Waals surface area (Å²) in [4.78, 5) is 0. The number of aliphatic hydroxyl groups is 1. The zero-order valence-electron chi connectivity index (χ0n) is 5.81. The molecular formula is C7H14O. The fourth-order valence-electron chi connectivity index (χ4n) is 0.584. The zero-order chi connectivity index (χ0) is 6.57. The smallest absolute Gasteiger partial charge is 0.0549 e. The van der Waals surface area contributed by atoms with E-state index in [4.69, 9.17) is 5.11 Å². The van der Waals surface area contributed by atoms with Gasteiger partial charge in [-0.05, 0) is 27.2 Å². The highest BCUT2D eigenvalue weighted by molar-refractivity contribution is 4.96. The Morgan fingerprint density at radius 2 is 2.25 bits per heavy atom. The Balaban J connectivity index is 3.39. The SMILES string of the molecule is C/C=C(/C)CC(C)O. The first-order chi connectivity index (χ1) is 3.66. The van der Waals surface area contributed by atoms with Crippen LogP contribution in [0.15, 0.2) is 11.6 Å². The summed E-state index contributed by atoms with van der Waals surface area (Å²) < 4.78 is 0. The Morgan fingerprint density at radius 1 is 1.75 bits per heavy atom. The average molecular weight is 114 g/mol. The molecule has 1 atom stereocenters. The summed E-state index contributed by atoms with van der Waals surface area (Å²) in [5.74, 6) is 0. The molecule has 0 rings (SSSR count). The lowest BCUT2D eigenvalue weighted by Crippen LogP contribution is -1.98. The van der Waals surface area contributed by atoms with E-state index in [1.54, 1.807) is 6.92 Å². The van der Waals surface area contributed by atoms with Crippen LogP contribution in [0.3, 0.4) is 0 Å². The first-order valence-corrected chi connectivity index (χ1v) is 2.96. The Kier molecular flexibility index (Phi) is 3.53. The molecule has 0 bridgehead atoms. The van der Waals surface area contributed by atoms with Crippen LogP contribution < -0.4 is 0 Å². The van der Waals surface area contributed by atoms with Gasteiger partial charge >= 0.3 is 0 Å². The van der Waals surface area contributed by atoms with E-state index >= 15 is 0 Å². The molecule has 0 aliphatic rings. The minimum absolute atomic E-state index is 0.189. The molecule has 0 aromatic heterocycles. The van der Waals surface area contributed by atoms with E-state index in [9.17, 15) is 0 Å². The second kappa shape index (κ2) is 3.67. The number of allylic oxidation sites excluding steroid dienone is 1. The number of hydrogen-bond donors (Lipinski definition) is 1. The normalized spacial score (nSPS) is 16.2.